The van der Waals surface area contributed by atoms with E-state index in [1.165, 1.54) is 20.1 Å². The summed E-state index contributed by atoms with van der Waals surface area (Å²) in [6.07, 6.45) is 0. The van der Waals surface area contributed by atoms with Crippen LogP contribution in [0.3, 0.4) is 0 Å². The predicted octanol–water partition coefficient (Wildman–Crippen LogP) is 3.45. The third-order valence-corrected chi connectivity index (χ3v) is 3.00. The van der Waals surface area contributed by atoms with Crippen molar-refractivity contribution in [2.24, 2.45) is 0 Å². The third-order valence-electron chi connectivity index (χ3n) is 1.80. The van der Waals surface area contributed by atoms with E-state index in [9.17, 15) is 9.18 Å². The maximum absolute atomic E-state index is 13.4. The molecule has 1 aromatic carbocycles. The minimum atomic E-state index is -0.555. The van der Waals surface area contributed by atoms with Crippen LogP contribution < -0.4 is 0 Å². The van der Waals surface area contributed by atoms with Gasteiger partial charge in [-0.25, -0.2) is 9.18 Å². The zero-order valence-corrected chi connectivity index (χ0v) is 10.7. The SMILES string of the molecule is COC(=O)c1c(Br)cc(Br)c(F)c1C. The van der Waals surface area contributed by atoms with Crippen molar-refractivity contribution in [1.29, 1.82) is 0 Å². The topological polar surface area (TPSA) is 26.3 Å². The molecule has 14 heavy (non-hydrogen) atoms. The van der Waals surface area contributed by atoms with Crippen molar-refractivity contribution < 1.29 is 13.9 Å². The third kappa shape index (κ3) is 1.98. The summed E-state index contributed by atoms with van der Waals surface area (Å²) in [7, 11) is 1.26. The van der Waals surface area contributed by atoms with Gasteiger partial charge in [0.1, 0.15) is 5.82 Å². The number of ether oxygens (including phenoxy) is 1. The molecule has 0 heterocycles. The molecular weight excluding hydrogens is 319 g/mol. The Morgan fingerprint density at radius 3 is 2.50 bits per heavy atom. The van der Waals surface area contributed by atoms with Crippen LogP contribution in [-0.4, -0.2) is 13.1 Å². The summed E-state index contributed by atoms with van der Waals surface area (Å²) in [4.78, 5) is 11.3. The van der Waals surface area contributed by atoms with Crippen molar-refractivity contribution in [2.75, 3.05) is 7.11 Å². The molecule has 0 saturated heterocycles. The smallest absolute Gasteiger partial charge is 0.339 e. The minimum Gasteiger partial charge on any atom is -0.465 e. The molecule has 5 heteroatoms. The molecule has 0 saturated carbocycles. The molecule has 0 radical (unpaired) electrons. The highest BCUT2D eigenvalue weighted by Gasteiger charge is 2.18. The summed E-state index contributed by atoms with van der Waals surface area (Å²) in [5.74, 6) is -1.01. The summed E-state index contributed by atoms with van der Waals surface area (Å²) in [6.45, 7) is 1.52. The highest BCUT2D eigenvalue weighted by atomic mass is 79.9. The zero-order valence-electron chi connectivity index (χ0n) is 7.53. The molecule has 0 aliphatic heterocycles. The molecule has 0 aliphatic carbocycles. The highest BCUT2D eigenvalue weighted by Crippen LogP contribution is 2.29. The Morgan fingerprint density at radius 1 is 1.43 bits per heavy atom. The zero-order chi connectivity index (χ0) is 10.9. The van der Waals surface area contributed by atoms with Crippen molar-refractivity contribution in [2.45, 2.75) is 6.92 Å². The Labute approximate surface area is 97.7 Å². The molecule has 0 unspecified atom stereocenters. The van der Waals surface area contributed by atoms with E-state index in [0.717, 1.165) is 0 Å². The van der Waals surface area contributed by atoms with Crippen LogP contribution in [0.4, 0.5) is 4.39 Å². The number of benzene rings is 1. The molecule has 0 aromatic heterocycles. The quantitative estimate of drug-likeness (QED) is 0.584. The second-order valence-electron chi connectivity index (χ2n) is 2.65. The number of carbonyl (C=O) groups excluding carboxylic acids is 1. The maximum Gasteiger partial charge on any atom is 0.339 e. The summed E-state index contributed by atoms with van der Waals surface area (Å²) in [5, 5.41) is 0. The van der Waals surface area contributed by atoms with Crippen LogP contribution in [0.1, 0.15) is 15.9 Å². The normalized spacial score (nSPS) is 10.1. The molecule has 0 amide bonds. The van der Waals surface area contributed by atoms with Crippen molar-refractivity contribution in [3.63, 3.8) is 0 Å². The van der Waals surface area contributed by atoms with Crippen LogP contribution in [0.15, 0.2) is 15.0 Å². The number of carbonyl (C=O) groups is 1. The Hall–Kier alpha value is -0.420. The first kappa shape index (κ1) is 11.7. The van der Waals surface area contributed by atoms with Crippen molar-refractivity contribution in [1.82, 2.24) is 0 Å². The fourth-order valence-corrected chi connectivity index (χ4v) is 2.59. The lowest BCUT2D eigenvalue weighted by atomic mass is 10.1. The average molecular weight is 326 g/mol. The fourth-order valence-electron chi connectivity index (χ4n) is 1.07. The van der Waals surface area contributed by atoms with Gasteiger partial charge in [-0.05, 0) is 44.8 Å². The van der Waals surface area contributed by atoms with Gasteiger partial charge in [0.2, 0.25) is 0 Å². The molecule has 1 aromatic rings. The lowest BCUT2D eigenvalue weighted by Crippen LogP contribution is -2.07. The number of hydrogen-bond donors (Lipinski definition) is 0. The first-order chi connectivity index (χ1) is 6.49. The van der Waals surface area contributed by atoms with Crippen molar-refractivity contribution in [3.8, 4) is 0 Å². The Morgan fingerprint density at radius 2 is 2.00 bits per heavy atom. The largest absolute Gasteiger partial charge is 0.465 e. The van der Waals surface area contributed by atoms with Gasteiger partial charge in [0.15, 0.2) is 0 Å². The molecule has 1 rings (SSSR count). The van der Waals surface area contributed by atoms with E-state index in [2.05, 4.69) is 36.6 Å². The summed E-state index contributed by atoms with van der Waals surface area (Å²) in [5.41, 5.74) is 0.478. The number of methoxy groups -OCH3 is 1. The van der Waals surface area contributed by atoms with Crippen LogP contribution in [0.2, 0.25) is 0 Å². The average Bonchev–Trinajstić information content (AvgIpc) is 2.14. The van der Waals surface area contributed by atoms with Gasteiger partial charge < -0.3 is 4.74 Å². The standard InChI is InChI=1S/C9H7Br2FO2/c1-4-7(9(13)14-2)5(10)3-6(11)8(4)12/h3H,1-2H3. The summed E-state index contributed by atoms with van der Waals surface area (Å²) >= 11 is 6.22. The Balaban J connectivity index is 3.44. The van der Waals surface area contributed by atoms with Crippen LogP contribution in [0.5, 0.6) is 0 Å². The van der Waals surface area contributed by atoms with E-state index < -0.39 is 11.8 Å². The van der Waals surface area contributed by atoms with Crippen LogP contribution >= 0.6 is 31.9 Å². The van der Waals surface area contributed by atoms with Crippen LogP contribution in [0.25, 0.3) is 0 Å². The predicted molar refractivity (Wildman–Crippen MR) is 57.9 cm³/mol. The molecule has 76 valence electrons. The first-order valence-corrected chi connectivity index (χ1v) is 5.30. The monoisotopic (exact) mass is 324 g/mol. The number of halogens is 3. The van der Waals surface area contributed by atoms with Crippen LogP contribution in [-0.2, 0) is 4.74 Å². The molecule has 0 spiro atoms. The summed E-state index contributed by atoms with van der Waals surface area (Å²) < 4.78 is 18.8. The Bertz CT molecular complexity index is 391. The first-order valence-electron chi connectivity index (χ1n) is 3.71. The van der Waals surface area contributed by atoms with E-state index in [4.69, 9.17) is 0 Å². The van der Waals surface area contributed by atoms with Gasteiger partial charge in [-0.1, -0.05) is 0 Å². The highest BCUT2D eigenvalue weighted by molar-refractivity contribution is 9.11. The second kappa shape index (κ2) is 4.40. The minimum absolute atomic E-state index is 0.216. The molecule has 0 bridgehead atoms. The van der Waals surface area contributed by atoms with Gasteiger partial charge >= 0.3 is 5.97 Å². The molecule has 2 nitrogen and oxygen atoms in total. The number of hydrogen-bond acceptors (Lipinski definition) is 2. The Kier molecular flexibility index (Phi) is 3.66. The lowest BCUT2D eigenvalue weighted by molar-refractivity contribution is 0.0598. The second-order valence-corrected chi connectivity index (χ2v) is 4.35. The lowest BCUT2D eigenvalue weighted by Gasteiger charge is -2.08. The van der Waals surface area contributed by atoms with Crippen LogP contribution in [0, 0.1) is 12.7 Å². The number of rotatable bonds is 1. The van der Waals surface area contributed by atoms with Gasteiger partial charge in [0.05, 0.1) is 17.1 Å². The molecule has 0 fully saturated rings. The van der Waals surface area contributed by atoms with Crippen molar-refractivity contribution >= 4 is 37.8 Å². The van der Waals surface area contributed by atoms with Gasteiger partial charge in [0, 0.05) is 10.0 Å². The maximum atomic E-state index is 13.4. The van der Waals surface area contributed by atoms with Gasteiger partial charge in [-0.3, -0.25) is 0 Å². The van der Waals surface area contributed by atoms with E-state index >= 15 is 0 Å². The van der Waals surface area contributed by atoms with Gasteiger partial charge in [0.25, 0.3) is 0 Å². The van der Waals surface area contributed by atoms with E-state index in [0.29, 0.717) is 8.95 Å². The molecule has 0 aliphatic rings. The van der Waals surface area contributed by atoms with Gasteiger partial charge in [-0.15, -0.1) is 0 Å². The molecular formula is C9H7Br2FO2. The summed E-state index contributed by atoms with van der Waals surface area (Å²) in [6, 6.07) is 1.48. The molecule has 0 atom stereocenters. The van der Waals surface area contributed by atoms with E-state index in [1.54, 1.807) is 0 Å². The van der Waals surface area contributed by atoms with E-state index in [1.807, 2.05) is 0 Å². The molecule has 0 N–H and O–H groups in total. The fraction of sp³-hybridized carbons (Fsp3) is 0.222. The van der Waals surface area contributed by atoms with E-state index in [-0.39, 0.29) is 11.1 Å². The van der Waals surface area contributed by atoms with Gasteiger partial charge in [-0.2, -0.15) is 0 Å². The number of esters is 1. The van der Waals surface area contributed by atoms with Crippen molar-refractivity contribution in [3.05, 3.63) is 32.0 Å².